The first kappa shape index (κ1) is 19.1. The van der Waals surface area contributed by atoms with Crippen LogP contribution in [-0.2, 0) is 11.2 Å². The summed E-state index contributed by atoms with van der Waals surface area (Å²) >= 11 is 7.24. The molecule has 27 heavy (non-hydrogen) atoms. The third kappa shape index (κ3) is 4.96. The van der Waals surface area contributed by atoms with E-state index in [2.05, 4.69) is 5.32 Å². The van der Waals surface area contributed by atoms with Crippen LogP contribution in [0.5, 0.6) is 0 Å². The highest BCUT2D eigenvalue weighted by atomic mass is 35.5. The van der Waals surface area contributed by atoms with Crippen molar-refractivity contribution in [3.8, 4) is 0 Å². The molecule has 0 fully saturated rings. The molecule has 1 amide bonds. The van der Waals surface area contributed by atoms with Gasteiger partial charge in [-0.15, -0.1) is 11.3 Å². The van der Waals surface area contributed by atoms with Gasteiger partial charge >= 0.3 is 5.97 Å². The SMILES string of the molecule is CCOC(=O)c1cc(Cc2ccccc2)sc1NC(=O)c1ccc(Cl)cc1. The van der Waals surface area contributed by atoms with Gasteiger partial charge < -0.3 is 10.1 Å². The van der Waals surface area contributed by atoms with E-state index in [0.29, 0.717) is 27.6 Å². The number of benzene rings is 2. The predicted octanol–water partition coefficient (Wildman–Crippen LogP) is 5.42. The molecule has 0 aliphatic carbocycles. The normalized spacial score (nSPS) is 10.4. The molecule has 1 heterocycles. The third-order valence-corrected chi connectivity index (χ3v) is 5.14. The van der Waals surface area contributed by atoms with Crippen LogP contribution in [-0.4, -0.2) is 18.5 Å². The smallest absolute Gasteiger partial charge is 0.341 e. The van der Waals surface area contributed by atoms with E-state index in [-0.39, 0.29) is 12.5 Å². The summed E-state index contributed by atoms with van der Waals surface area (Å²) in [6, 6.07) is 18.3. The monoisotopic (exact) mass is 399 g/mol. The lowest BCUT2D eigenvalue weighted by atomic mass is 10.1. The Bertz CT molecular complexity index is 936. The van der Waals surface area contributed by atoms with Gasteiger partial charge in [-0.25, -0.2) is 4.79 Å². The Morgan fingerprint density at radius 3 is 2.44 bits per heavy atom. The second-order valence-corrected chi connectivity index (χ2v) is 7.37. The number of carbonyl (C=O) groups is 2. The highest BCUT2D eigenvalue weighted by molar-refractivity contribution is 7.16. The Morgan fingerprint density at radius 2 is 1.78 bits per heavy atom. The Hall–Kier alpha value is -2.63. The maximum absolute atomic E-state index is 12.5. The minimum Gasteiger partial charge on any atom is -0.462 e. The van der Waals surface area contributed by atoms with Gasteiger partial charge in [-0.1, -0.05) is 41.9 Å². The fraction of sp³-hybridized carbons (Fsp3) is 0.143. The van der Waals surface area contributed by atoms with Crippen LogP contribution in [0.4, 0.5) is 5.00 Å². The summed E-state index contributed by atoms with van der Waals surface area (Å²) in [5.41, 5.74) is 1.96. The first-order chi connectivity index (χ1) is 13.1. The number of thiophene rings is 1. The molecule has 6 heteroatoms. The summed E-state index contributed by atoms with van der Waals surface area (Å²) in [5, 5.41) is 3.87. The van der Waals surface area contributed by atoms with E-state index in [4.69, 9.17) is 16.3 Å². The molecule has 0 saturated heterocycles. The largest absolute Gasteiger partial charge is 0.462 e. The number of nitrogens with one attached hydrogen (secondary N) is 1. The van der Waals surface area contributed by atoms with Gasteiger partial charge in [0, 0.05) is 21.9 Å². The van der Waals surface area contributed by atoms with Crippen LogP contribution < -0.4 is 5.32 Å². The van der Waals surface area contributed by atoms with Crippen molar-refractivity contribution in [1.29, 1.82) is 0 Å². The van der Waals surface area contributed by atoms with E-state index in [0.717, 1.165) is 10.4 Å². The number of anilines is 1. The highest BCUT2D eigenvalue weighted by Crippen LogP contribution is 2.31. The van der Waals surface area contributed by atoms with E-state index in [1.807, 2.05) is 30.3 Å². The molecule has 2 aromatic carbocycles. The van der Waals surface area contributed by atoms with Gasteiger partial charge in [-0.3, -0.25) is 4.79 Å². The molecule has 0 saturated carbocycles. The topological polar surface area (TPSA) is 55.4 Å². The van der Waals surface area contributed by atoms with Crippen molar-refractivity contribution in [1.82, 2.24) is 0 Å². The summed E-state index contributed by atoms with van der Waals surface area (Å²) in [6.45, 7) is 2.02. The van der Waals surface area contributed by atoms with Crippen LogP contribution in [0, 0.1) is 0 Å². The fourth-order valence-electron chi connectivity index (χ4n) is 2.56. The lowest BCUT2D eigenvalue weighted by Gasteiger charge is -2.06. The summed E-state index contributed by atoms with van der Waals surface area (Å²) in [7, 11) is 0. The highest BCUT2D eigenvalue weighted by Gasteiger charge is 2.20. The third-order valence-electron chi connectivity index (χ3n) is 3.83. The van der Waals surface area contributed by atoms with Gasteiger partial charge in [0.2, 0.25) is 0 Å². The summed E-state index contributed by atoms with van der Waals surface area (Å²) in [4.78, 5) is 25.8. The van der Waals surface area contributed by atoms with Crippen molar-refractivity contribution >= 4 is 39.8 Å². The van der Waals surface area contributed by atoms with Crippen molar-refractivity contribution in [2.75, 3.05) is 11.9 Å². The number of esters is 1. The molecule has 0 aliphatic rings. The quantitative estimate of drug-likeness (QED) is 0.563. The van der Waals surface area contributed by atoms with Gasteiger partial charge in [-0.2, -0.15) is 0 Å². The molecule has 3 rings (SSSR count). The number of hydrogen-bond donors (Lipinski definition) is 1. The van der Waals surface area contributed by atoms with Crippen molar-refractivity contribution in [3.63, 3.8) is 0 Å². The Morgan fingerprint density at radius 1 is 1.07 bits per heavy atom. The van der Waals surface area contributed by atoms with Gasteiger partial charge in [0.1, 0.15) is 5.00 Å². The number of halogens is 1. The number of ether oxygens (including phenoxy) is 1. The molecule has 0 unspecified atom stereocenters. The average molecular weight is 400 g/mol. The molecule has 1 N–H and O–H groups in total. The molecule has 0 radical (unpaired) electrons. The van der Waals surface area contributed by atoms with Crippen molar-refractivity contribution < 1.29 is 14.3 Å². The van der Waals surface area contributed by atoms with Crippen molar-refractivity contribution in [2.45, 2.75) is 13.3 Å². The van der Waals surface area contributed by atoms with E-state index in [1.165, 1.54) is 11.3 Å². The van der Waals surface area contributed by atoms with Crippen LogP contribution >= 0.6 is 22.9 Å². The molecule has 4 nitrogen and oxygen atoms in total. The zero-order valence-corrected chi connectivity index (χ0v) is 16.3. The Labute approximate surface area is 166 Å². The van der Waals surface area contributed by atoms with Crippen LogP contribution in [0.15, 0.2) is 60.7 Å². The van der Waals surface area contributed by atoms with Gasteiger partial charge in [0.15, 0.2) is 0 Å². The second kappa shape index (κ2) is 8.84. The molecule has 0 bridgehead atoms. The van der Waals surface area contributed by atoms with Gasteiger partial charge in [-0.05, 0) is 42.8 Å². The average Bonchev–Trinajstić information content (AvgIpc) is 3.05. The van der Waals surface area contributed by atoms with Crippen LogP contribution in [0.2, 0.25) is 5.02 Å². The zero-order chi connectivity index (χ0) is 19.2. The maximum atomic E-state index is 12.5. The van der Waals surface area contributed by atoms with Gasteiger partial charge in [0.05, 0.1) is 12.2 Å². The van der Waals surface area contributed by atoms with Crippen LogP contribution in [0.3, 0.4) is 0 Å². The van der Waals surface area contributed by atoms with Crippen molar-refractivity contribution in [2.24, 2.45) is 0 Å². The van der Waals surface area contributed by atoms with Crippen LogP contribution in [0.1, 0.15) is 38.1 Å². The number of rotatable bonds is 6. The second-order valence-electron chi connectivity index (χ2n) is 5.80. The first-order valence-electron chi connectivity index (χ1n) is 8.47. The van der Waals surface area contributed by atoms with E-state index < -0.39 is 5.97 Å². The molecular formula is C21H18ClNO3S. The van der Waals surface area contributed by atoms with Crippen LogP contribution in [0.25, 0.3) is 0 Å². The summed E-state index contributed by atoms with van der Waals surface area (Å²) in [5.74, 6) is -0.746. The zero-order valence-electron chi connectivity index (χ0n) is 14.7. The van der Waals surface area contributed by atoms with Crippen molar-refractivity contribution in [3.05, 3.63) is 87.3 Å². The Kier molecular flexibility index (Phi) is 6.27. The molecule has 138 valence electrons. The maximum Gasteiger partial charge on any atom is 0.341 e. The molecular weight excluding hydrogens is 382 g/mol. The lowest BCUT2D eigenvalue weighted by Crippen LogP contribution is -2.14. The van der Waals surface area contributed by atoms with Gasteiger partial charge in [0.25, 0.3) is 5.91 Å². The van der Waals surface area contributed by atoms with E-state index in [9.17, 15) is 9.59 Å². The molecule has 0 aliphatic heterocycles. The standard InChI is InChI=1S/C21H18ClNO3S/c1-2-26-21(25)18-13-17(12-14-6-4-3-5-7-14)27-20(18)23-19(24)15-8-10-16(22)11-9-15/h3-11,13H,2,12H2,1H3,(H,23,24). The lowest BCUT2D eigenvalue weighted by molar-refractivity contribution is 0.0528. The molecule has 0 spiro atoms. The van der Waals surface area contributed by atoms with E-state index >= 15 is 0 Å². The number of carbonyl (C=O) groups excluding carboxylic acids is 2. The molecule has 1 aromatic heterocycles. The molecule has 0 atom stereocenters. The molecule has 3 aromatic rings. The first-order valence-corrected chi connectivity index (χ1v) is 9.67. The minimum absolute atomic E-state index is 0.271. The predicted molar refractivity (Wildman–Crippen MR) is 109 cm³/mol. The van der Waals surface area contributed by atoms with E-state index in [1.54, 1.807) is 37.3 Å². The Balaban J connectivity index is 1.86. The fourth-order valence-corrected chi connectivity index (χ4v) is 3.76. The summed E-state index contributed by atoms with van der Waals surface area (Å²) < 4.78 is 5.13. The minimum atomic E-state index is -0.445. The summed E-state index contributed by atoms with van der Waals surface area (Å²) in [6.07, 6.45) is 0.675. The number of hydrogen-bond acceptors (Lipinski definition) is 4. The number of amides is 1.